The minimum atomic E-state index is -4.34. The lowest BCUT2D eigenvalue weighted by atomic mass is 10.2. The molecule has 0 aliphatic heterocycles. The highest BCUT2D eigenvalue weighted by molar-refractivity contribution is 6.29. The van der Waals surface area contributed by atoms with Gasteiger partial charge in [-0.3, -0.25) is 0 Å². The van der Waals surface area contributed by atoms with Crippen LogP contribution in [0.5, 0.6) is 0 Å². The Morgan fingerprint density at radius 1 is 1.10 bits per heavy atom. The van der Waals surface area contributed by atoms with Crippen LogP contribution in [0.15, 0.2) is 42.7 Å². The van der Waals surface area contributed by atoms with E-state index in [1.54, 1.807) is 18.5 Å². The Bertz CT molecular complexity index is 763. The van der Waals surface area contributed by atoms with Crippen molar-refractivity contribution >= 4 is 22.5 Å². The lowest BCUT2D eigenvalue weighted by Crippen LogP contribution is -2.05. The minimum absolute atomic E-state index is 0.315. The molecule has 0 aliphatic rings. The maximum Gasteiger partial charge on any atom is 0.416 e. The fourth-order valence-electron chi connectivity index (χ4n) is 1.83. The summed E-state index contributed by atoms with van der Waals surface area (Å²) in [6, 6.07) is 6.37. The molecule has 0 fully saturated rings. The first-order chi connectivity index (χ1) is 9.43. The van der Waals surface area contributed by atoms with Crippen LogP contribution in [0, 0.1) is 0 Å². The monoisotopic (exact) mass is 297 g/mol. The minimum Gasteiger partial charge on any atom is -0.244 e. The van der Waals surface area contributed by atoms with Gasteiger partial charge in [0.25, 0.3) is 0 Å². The second-order valence-electron chi connectivity index (χ2n) is 4.18. The number of halogens is 4. The number of hydrogen-bond acceptors (Lipinski definition) is 2. The summed E-state index contributed by atoms with van der Waals surface area (Å²) in [5.41, 5.74) is 0.470. The highest BCUT2D eigenvalue weighted by Crippen LogP contribution is 2.29. The van der Waals surface area contributed by atoms with Gasteiger partial charge in [0.1, 0.15) is 5.15 Å². The van der Waals surface area contributed by atoms with E-state index in [-0.39, 0.29) is 0 Å². The van der Waals surface area contributed by atoms with Gasteiger partial charge in [0, 0.05) is 23.8 Å². The average molecular weight is 298 g/mol. The number of fused-ring (bicyclic) bond motifs is 1. The molecular formula is C13H7ClF3N3. The summed E-state index contributed by atoms with van der Waals surface area (Å²) in [5.74, 6) is 0. The number of aromatic nitrogens is 3. The number of benzene rings is 1. The molecule has 0 spiro atoms. The van der Waals surface area contributed by atoms with Crippen molar-refractivity contribution in [2.75, 3.05) is 0 Å². The summed E-state index contributed by atoms with van der Waals surface area (Å²) in [6.45, 7) is 0. The van der Waals surface area contributed by atoms with Crippen LogP contribution >= 0.6 is 11.6 Å². The van der Waals surface area contributed by atoms with Gasteiger partial charge in [-0.05, 0) is 24.3 Å². The topological polar surface area (TPSA) is 30.7 Å². The molecule has 0 N–H and O–H groups in total. The highest BCUT2D eigenvalue weighted by Gasteiger charge is 2.30. The first-order valence-electron chi connectivity index (χ1n) is 5.62. The van der Waals surface area contributed by atoms with E-state index < -0.39 is 11.7 Å². The van der Waals surface area contributed by atoms with Crippen LogP contribution in [0.2, 0.25) is 5.15 Å². The third kappa shape index (κ3) is 2.34. The van der Waals surface area contributed by atoms with E-state index in [1.165, 1.54) is 16.8 Å². The Morgan fingerprint density at radius 2 is 1.80 bits per heavy atom. The number of hydrogen-bond donors (Lipinski definition) is 0. The Labute approximate surface area is 116 Å². The summed E-state index contributed by atoms with van der Waals surface area (Å²) in [4.78, 5) is 3.92. The quantitative estimate of drug-likeness (QED) is 0.633. The van der Waals surface area contributed by atoms with E-state index in [4.69, 9.17) is 11.6 Å². The Balaban J connectivity index is 2.02. The van der Waals surface area contributed by atoms with Crippen molar-refractivity contribution in [3.63, 3.8) is 0 Å². The lowest BCUT2D eigenvalue weighted by molar-refractivity contribution is -0.137. The summed E-state index contributed by atoms with van der Waals surface area (Å²) in [7, 11) is 0. The summed E-state index contributed by atoms with van der Waals surface area (Å²) >= 11 is 5.76. The van der Waals surface area contributed by atoms with E-state index in [0.717, 1.165) is 17.5 Å². The third-order valence-corrected chi connectivity index (χ3v) is 3.02. The van der Waals surface area contributed by atoms with E-state index in [1.807, 2.05) is 0 Å². The van der Waals surface area contributed by atoms with Crippen molar-refractivity contribution in [1.29, 1.82) is 0 Å². The van der Waals surface area contributed by atoms with Gasteiger partial charge in [0.2, 0.25) is 0 Å². The van der Waals surface area contributed by atoms with Crippen molar-refractivity contribution < 1.29 is 13.2 Å². The van der Waals surface area contributed by atoms with Crippen molar-refractivity contribution in [2.24, 2.45) is 0 Å². The van der Waals surface area contributed by atoms with Gasteiger partial charge in [-0.15, -0.1) is 0 Å². The molecule has 0 radical (unpaired) electrons. The zero-order valence-corrected chi connectivity index (χ0v) is 10.7. The van der Waals surface area contributed by atoms with Gasteiger partial charge in [-0.25, -0.2) is 9.67 Å². The fourth-order valence-corrected chi connectivity index (χ4v) is 1.98. The van der Waals surface area contributed by atoms with Gasteiger partial charge < -0.3 is 0 Å². The molecular weight excluding hydrogens is 291 g/mol. The predicted molar refractivity (Wildman–Crippen MR) is 68.9 cm³/mol. The highest BCUT2D eigenvalue weighted by atomic mass is 35.5. The molecule has 0 aliphatic carbocycles. The Kier molecular flexibility index (Phi) is 2.90. The molecule has 3 rings (SSSR count). The van der Waals surface area contributed by atoms with E-state index in [9.17, 15) is 13.2 Å². The molecule has 1 aromatic carbocycles. The van der Waals surface area contributed by atoms with Gasteiger partial charge in [-0.2, -0.15) is 18.3 Å². The molecule has 0 saturated heterocycles. The van der Waals surface area contributed by atoms with Crippen LogP contribution in [0.1, 0.15) is 5.56 Å². The predicted octanol–water partition coefficient (Wildman–Crippen LogP) is 4.09. The number of pyridine rings is 1. The first-order valence-corrected chi connectivity index (χ1v) is 6.00. The maximum atomic E-state index is 12.5. The molecule has 2 heterocycles. The van der Waals surface area contributed by atoms with E-state index in [0.29, 0.717) is 16.4 Å². The Hall–Kier alpha value is -2.08. The van der Waals surface area contributed by atoms with Gasteiger partial charge in [0.15, 0.2) is 0 Å². The standard InChI is InChI=1S/C13H7ClF3N3/c14-12-5-11-8(6-18-12)7-20(19-11)10-3-1-9(2-4-10)13(15,16)17/h1-7H. The van der Waals surface area contributed by atoms with E-state index >= 15 is 0 Å². The normalized spacial score (nSPS) is 12.0. The second-order valence-corrected chi connectivity index (χ2v) is 4.57. The van der Waals surface area contributed by atoms with Crippen LogP contribution in [-0.4, -0.2) is 14.8 Å². The molecule has 20 heavy (non-hydrogen) atoms. The number of rotatable bonds is 1. The molecule has 0 unspecified atom stereocenters. The van der Waals surface area contributed by atoms with Crippen LogP contribution in [-0.2, 0) is 6.18 Å². The molecule has 0 bridgehead atoms. The zero-order valence-electron chi connectivity index (χ0n) is 9.89. The van der Waals surface area contributed by atoms with Crippen molar-refractivity contribution in [2.45, 2.75) is 6.18 Å². The molecule has 3 nitrogen and oxygen atoms in total. The van der Waals surface area contributed by atoms with Crippen molar-refractivity contribution in [3.05, 3.63) is 53.4 Å². The molecule has 102 valence electrons. The van der Waals surface area contributed by atoms with Crippen LogP contribution in [0.4, 0.5) is 13.2 Å². The second kappa shape index (κ2) is 4.49. The van der Waals surface area contributed by atoms with Crippen LogP contribution in [0.25, 0.3) is 16.6 Å². The zero-order chi connectivity index (χ0) is 14.3. The SMILES string of the molecule is FC(F)(F)c1ccc(-n2cc3cnc(Cl)cc3n2)cc1. The van der Waals surface area contributed by atoms with Crippen LogP contribution < -0.4 is 0 Å². The maximum absolute atomic E-state index is 12.5. The lowest BCUT2D eigenvalue weighted by Gasteiger charge is -2.07. The molecule has 2 aromatic heterocycles. The molecule has 7 heteroatoms. The summed E-state index contributed by atoms with van der Waals surface area (Å²) < 4.78 is 39.0. The van der Waals surface area contributed by atoms with Crippen LogP contribution in [0.3, 0.4) is 0 Å². The molecule has 3 aromatic rings. The average Bonchev–Trinajstić information content (AvgIpc) is 2.80. The largest absolute Gasteiger partial charge is 0.416 e. The van der Waals surface area contributed by atoms with Gasteiger partial charge in [-0.1, -0.05) is 11.6 Å². The first kappa shape index (κ1) is 12.9. The van der Waals surface area contributed by atoms with Crippen molar-refractivity contribution in [1.82, 2.24) is 14.8 Å². The molecule has 0 atom stereocenters. The van der Waals surface area contributed by atoms with E-state index in [2.05, 4.69) is 10.1 Å². The summed E-state index contributed by atoms with van der Waals surface area (Å²) in [5, 5.41) is 5.32. The van der Waals surface area contributed by atoms with Crippen molar-refractivity contribution in [3.8, 4) is 5.69 Å². The van der Waals surface area contributed by atoms with Gasteiger partial charge in [0.05, 0.1) is 16.8 Å². The number of nitrogens with zero attached hydrogens (tertiary/aromatic N) is 3. The summed E-state index contributed by atoms with van der Waals surface area (Å²) in [6.07, 6.45) is -1.10. The smallest absolute Gasteiger partial charge is 0.244 e. The Morgan fingerprint density at radius 3 is 2.45 bits per heavy atom. The third-order valence-electron chi connectivity index (χ3n) is 2.81. The van der Waals surface area contributed by atoms with Gasteiger partial charge >= 0.3 is 6.18 Å². The number of alkyl halides is 3. The fraction of sp³-hybridized carbons (Fsp3) is 0.0769. The molecule has 0 amide bonds. The molecule has 0 saturated carbocycles.